The van der Waals surface area contributed by atoms with E-state index in [2.05, 4.69) is 16.0 Å². The van der Waals surface area contributed by atoms with Crippen LogP contribution in [0.2, 0.25) is 0 Å². The number of nitrogens with one attached hydrogen (secondary N) is 3. The van der Waals surface area contributed by atoms with Gasteiger partial charge in [0.2, 0.25) is 11.8 Å². The third-order valence-corrected chi connectivity index (χ3v) is 11.8. The van der Waals surface area contributed by atoms with E-state index in [9.17, 15) is 69.9 Å². The Balaban J connectivity index is 1.41. The van der Waals surface area contributed by atoms with Gasteiger partial charge in [0.25, 0.3) is 5.91 Å². The molecular weight excluding hydrogens is 926 g/mol. The molecule has 5 rings (SSSR count). The van der Waals surface area contributed by atoms with Gasteiger partial charge in [-0.1, -0.05) is 30.3 Å². The normalized spacial score (nSPS) is 38.8. The number of aliphatic hydroxyl groups is 8. The molecule has 1 aromatic carbocycles. The third-order valence-electron chi connectivity index (χ3n) is 11.8. The number of hydrogen-bond acceptors (Lipinski definition) is 22. The molecular formula is C43H65N3O23. The van der Waals surface area contributed by atoms with Crippen molar-refractivity contribution in [1.29, 1.82) is 0 Å². The highest BCUT2D eigenvalue weighted by Crippen LogP contribution is 2.35. The van der Waals surface area contributed by atoms with Crippen LogP contribution in [-0.4, -0.2) is 230 Å². The number of methoxy groups -OCH3 is 1. The second-order valence-corrected chi connectivity index (χ2v) is 18.2. The predicted octanol–water partition coefficient (Wildman–Crippen LogP) is -5.57. The number of hydrogen-bond donors (Lipinski definition) is 12. The number of carbonyl (C=O) groups is 5. The maximum atomic E-state index is 14.1. The molecule has 390 valence electrons. The third kappa shape index (κ3) is 13.5. The number of carbonyl (C=O) groups excluding carboxylic acids is 4. The summed E-state index contributed by atoms with van der Waals surface area (Å²) in [4.78, 5) is 65.0. The molecule has 4 aliphatic rings. The van der Waals surface area contributed by atoms with Gasteiger partial charge in [-0.25, -0.2) is 9.59 Å². The van der Waals surface area contributed by atoms with Gasteiger partial charge in [0.1, 0.15) is 90.9 Å². The summed E-state index contributed by atoms with van der Waals surface area (Å²) in [5, 5.41) is 106. The molecule has 1 aromatic rings. The van der Waals surface area contributed by atoms with Crippen LogP contribution in [0.4, 0.5) is 0 Å². The average molecular weight is 992 g/mol. The van der Waals surface area contributed by atoms with Gasteiger partial charge in [0.05, 0.1) is 25.4 Å². The lowest BCUT2D eigenvalue weighted by atomic mass is 9.92. The van der Waals surface area contributed by atoms with E-state index in [4.69, 9.17) is 42.6 Å². The molecule has 0 aliphatic carbocycles. The second-order valence-electron chi connectivity index (χ2n) is 18.2. The Morgan fingerprint density at radius 1 is 0.652 bits per heavy atom. The smallest absolute Gasteiger partial charge is 0.335 e. The number of benzene rings is 1. The molecule has 3 amide bonds. The fourth-order valence-electron chi connectivity index (χ4n) is 8.47. The van der Waals surface area contributed by atoms with E-state index in [-0.39, 0.29) is 6.42 Å². The minimum Gasteiger partial charge on any atom is -0.479 e. The molecule has 4 saturated heterocycles. The summed E-state index contributed by atoms with van der Waals surface area (Å²) in [5.74, 6) is -5.12. The topological polar surface area (TPSA) is 387 Å². The lowest BCUT2D eigenvalue weighted by Crippen LogP contribution is -2.71. The van der Waals surface area contributed by atoms with E-state index in [1.165, 1.54) is 6.92 Å². The van der Waals surface area contributed by atoms with Gasteiger partial charge in [-0.3, -0.25) is 14.4 Å². The maximum absolute atomic E-state index is 14.1. The van der Waals surface area contributed by atoms with Crippen molar-refractivity contribution in [1.82, 2.24) is 16.0 Å². The monoisotopic (exact) mass is 991 g/mol. The van der Waals surface area contributed by atoms with E-state index in [0.29, 0.717) is 5.56 Å². The Kier molecular flexibility index (Phi) is 19.3. The van der Waals surface area contributed by atoms with Crippen LogP contribution in [0.5, 0.6) is 0 Å². The molecule has 26 nitrogen and oxygen atoms in total. The molecule has 21 atom stereocenters. The highest BCUT2D eigenvalue weighted by atomic mass is 16.8. The summed E-state index contributed by atoms with van der Waals surface area (Å²) in [7, 11) is 1.10. The van der Waals surface area contributed by atoms with Crippen LogP contribution < -0.4 is 16.0 Å². The van der Waals surface area contributed by atoms with Gasteiger partial charge >= 0.3 is 11.9 Å². The summed E-state index contributed by atoms with van der Waals surface area (Å²) < 4.78 is 51.5. The van der Waals surface area contributed by atoms with Gasteiger partial charge in [-0.15, -0.1) is 0 Å². The Labute approximate surface area is 396 Å². The molecule has 69 heavy (non-hydrogen) atoms. The number of ether oxygens (including phenoxy) is 9. The molecule has 0 bridgehead atoms. The van der Waals surface area contributed by atoms with Gasteiger partial charge in [0, 0.05) is 27.4 Å². The molecule has 0 saturated carbocycles. The molecule has 21 unspecified atom stereocenters. The van der Waals surface area contributed by atoms with E-state index >= 15 is 0 Å². The van der Waals surface area contributed by atoms with E-state index < -0.39 is 177 Å². The minimum absolute atomic E-state index is 0.0514. The van der Waals surface area contributed by atoms with Crippen molar-refractivity contribution < 1.29 is 113 Å². The second kappa shape index (κ2) is 23.9. The number of aliphatic carboxylic acids is 1. The van der Waals surface area contributed by atoms with Crippen LogP contribution >= 0.6 is 0 Å². The van der Waals surface area contributed by atoms with Crippen LogP contribution in [0.3, 0.4) is 0 Å². The zero-order valence-corrected chi connectivity index (χ0v) is 38.9. The number of esters is 1. The molecule has 0 aromatic heterocycles. The molecule has 4 heterocycles. The maximum Gasteiger partial charge on any atom is 0.335 e. The van der Waals surface area contributed by atoms with Crippen molar-refractivity contribution in [3.05, 3.63) is 35.9 Å². The largest absolute Gasteiger partial charge is 0.479 e. The average Bonchev–Trinajstić information content (AvgIpc) is 3.27. The number of carboxylic acid groups (broad SMARTS) is 1. The van der Waals surface area contributed by atoms with Crippen LogP contribution in [0.1, 0.15) is 47.1 Å². The van der Waals surface area contributed by atoms with E-state index in [1.54, 1.807) is 51.1 Å². The van der Waals surface area contributed by atoms with Crippen molar-refractivity contribution in [2.75, 3.05) is 20.3 Å². The van der Waals surface area contributed by atoms with Gasteiger partial charge in [-0.05, 0) is 33.3 Å². The molecule has 0 spiro atoms. The number of carboxylic acids is 1. The van der Waals surface area contributed by atoms with Crippen molar-refractivity contribution in [3.63, 3.8) is 0 Å². The minimum atomic E-state index is -2.26. The SMILES string of the molecule is COC1C(C(=O)NC(Cc2ccccc2)C(=O)OC(C)(C)C)OC(OC2C(O)C(CO)OC(OC3C(C(=O)O)OC(OC4C(O)C(CO)OC(C)C4NC(C)=O)C(O)C3O)C2NC(C)=O)C(O)C1O. The molecule has 26 heteroatoms. The Morgan fingerprint density at radius 2 is 1.14 bits per heavy atom. The summed E-state index contributed by atoms with van der Waals surface area (Å²) in [5.41, 5.74) is -0.337. The number of aliphatic hydroxyl groups excluding tert-OH is 8. The lowest BCUT2D eigenvalue weighted by Gasteiger charge is -2.50. The molecule has 0 radical (unpaired) electrons. The van der Waals surface area contributed by atoms with Crippen molar-refractivity contribution >= 4 is 29.7 Å². The van der Waals surface area contributed by atoms with Crippen LogP contribution in [0.15, 0.2) is 30.3 Å². The van der Waals surface area contributed by atoms with E-state index in [1.807, 2.05) is 0 Å². The number of amides is 3. The molecule has 4 aliphatic heterocycles. The first kappa shape index (κ1) is 55.9. The first-order chi connectivity index (χ1) is 32.4. The fraction of sp³-hybridized carbons (Fsp3) is 0.744. The molecule has 4 fully saturated rings. The van der Waals surface area contributed by atoms with Crippen LogP contribution in [-0.2, 0) is 73.0 Å². The predicted molar refractivity (Wildman–Crippen MR) is 227 cm³/mol. The van der Waals surface area contributed by atoms with E-state index in [0.717, 1.165) is 21.0 Å². The van der Waals surface area contributed by atoms with Crippen LogP contribution in [0.25, 0.3) is 0 Å². The van der Waals surface area contributed by atoms with Gasteiger partial charge in [0.15, 0.2) is 31.1 Å². The molecule has 12 N–H and O–H groups in total. The first-order valence-electron chi connectivity index (χ1n) is 22.2. The van der Waals surface area contributed by atoms with Crippen LogP contribution in [0, 0.1) is 0 Å². The fourth-order valence-corrected chi connectivity index (χ4v) is 8.47. The zero-order chi connectivity index (χ0) is 51.2. The van der Waals surface area contributed by atoms with Gasteiger partial charge in [-0.2, -0.15) is 0 Å². The quantitative estimate of drug-likeness (QED) is 0.0648. The van der Waals surface area contributed by atoms with Gasteiger partial charge < -0.3 is 105 Å². The standard InChI is InChI=1S/C43H65N3O23/c1-16-23(44-17(2)49)31(25(51)21(14-47)62-16)64-42-30(56)28(54)34(36(68-42)38(58)59)66-40-24(45-18(3)50)32(26(52)22(15-48)63-40)65-41-29(55)27(53)33(61-7)35(67-41)37(57)46-20(39(60)69-43(4,5)6)13-19-11-9-8-10-12-19/h8-12,16,20-36,40-42,47-48,51-56H,13-15H2,1-7H3,(H,44,49)(H,45,50)(H,46,57)(H,58,59). The summed E-state index contributed by atoms with van der Waals surface area (Å²) in [6.45, 7) is 6.81. The highest BCUT2D eigenvalue weighted by molar-refractivity contribution is 5.88. The first-order valence-corrected chi connectivity index (χ1v) is 22.2. The Hall–Kier alpha value is -4.07. The lowest BCUT2D eigenvalue weighted by molar-refractivity contribution is -0.366. The van der Waals surface area contributed by atoms with Crippen molar-refractivity contribution in [3.8, 4) is 0 Å². The Bertz CT molecular complexity index is 1890. The summed E-state index contributed by atoms with van der Waals surface area (Å²) in [6, 6.07) is 4.35. The highest BCUT2D eigenvalue weighted by Gasteiger charge is 2.57. The summed E-state index contributed by atoms with van der Waals surface area (Å²) >= 11 is 0. The summed E-state index contributed by atoms with van der Waals surface area (Å²) in [6.07, 6.45) is -33.5. The van der Waals surface area contributed by atoms with Crippen molar-refractivity contribution in [2.24, 2.45) is 0 Å². The Morgan fingerprint density at radius 3 is 1.65 bits per heavy atom. The zero-order valence-electron chi connectivity index (χ0n) is 38.9. The number of rotatable bonds is 17. The van der Waals surface area contributed by atoms with Crippen molar-refractivity contribution in [2.45, 2.75) is 182 Å².